The molecule has 0 unspecified atom stereocenters. The largest absolute Gasteiger partial charge is 0.493 e. The number of aliphatic hydroxyl groups excluding tert-OH is 6. The molecule has 0 spiro atoms. The lowest BCUT2D eigenvalue weighted by Gasteiger charge is -2.44. The van der Waals surface area contributed by atoms with Gasteiger partial charge in [-0.05, 0) is 35.2 Å². The Kier molecular flexibility index (Phi) is 8.69. The van der Waals surface area contributed by atoms with Gasteiger partial charge in [0.2, 0.25) is 13.1 Å². The molecule has 2 saturated heterocycles. The third-order valence-electron chi connectivity index (χ3n) is 8.88. The maximum absolute atomic E-state index is 13.4. The Morgan fingerprint density at radius 1 is 0.812 bits per heavy atom. The molecule has 4 aliphatic heterocycles. The molecular weight excluding hydrogens is 640 g/mol. The summed E-state index contributed by atoms with van der Waals surface area (Å²) in [5.74, 6) is 1.17. The Bertz CT molecular complexity index is 1710. The number of fused-ring (bicyclic) bond motifs is 3. The molecule has 7 rings (SSSR count). The van der Waals surface area contributed by atoms with Crippen LogP contribution in [0.5, 0.6) is 28.7 Å². The van der Waals surface area contributed by atoms with Crippen molar-refractivity contribution >= 4 is 16.7 Å². The fourth-order valence-corrected chi connectivity index (χ4v) is 6.36. The summed E-state index contributed by atoms with van der Waals surface area (Å²) in [7, 11) is 2.92. The molecule has 2 fully saturated rings. The SMILES string of the molecule is COc1cc2c(O[C@@H]3OC[C@@H](O)[C@H](O)[C@H]3O[C@H]3O[C@H](CO)[C@H](O)[C@@H](O)[C@H]3O)c3c(c(-c4ccc5c(c4)OCO5)c2cc1OC)C(=O)OC3. The minimum absolute atomic E-state index is 0.0474. The molecule has 6 N–H and O–H groups in total. The minimum atomic E-state index is -1.82. The fourth-order valence-electron chi connectivity index (χ4n) is 6.36. The van der Waals surface area contributed by atoms with Crippen molar-refractivity contribution in [3.8, 4) is 39.9 Å². The average molecular weight is 675 g/mol. The average Bonchev–Trinajstić information content (AvgIpc) is 3.73. The molecule has 3 aromatic rings. The first-order chi connectivity index (χ1) is 23.1. The first kappa shape index (κ1) is 32.6. The molecular formula is C32H34O16. The number of cyclic esters (lactones) is 1. The summed E-state index contributed by atoms with van der Waals surface area (Å²) in [6.45, 7) is -1.25. The van der Waals surface area contributed by atoms with Gasteiger partial charge in [0.25, 0.3) is 0 Å². The smallest absolute Gasteiger partial charge is 0.339 e. The molecule has 258 valence electrons. The second-order valence-electron chi connectivity index (χ2n) is 11.6. The molecule has 16 heteroatoms. The van der Waals surface area contributed by atoms with Gasteiger partial charge in [-0.15, -0.1) is 0 Å². The number of rotatable bonds is 8. The van der Waals surface area contributed by atoms with Crippen molar-refractivity contribution in [1.29, 1.82) is 0 Å². The number of hydrogen-bond donors (Lipinski definition) is 6. The van der Waals surface area contributed by atoms with Crippen LogP contribution in [0.2, 0.25) is 0 Å². The predicted molar refractivity (Wildman–Crippen MR) is 159 cm³/mol. The maximum atomic E-state index is 13.4. The van der Waals surface area contributed by atoms with E-state index in [4.69, 9.17) is 42.6 Å². The van der Waals surface area contributed by atoms with Crippen LogP contribution >= 0.6 is 0 Å². The van der Waals surface area contributed by atoms with Gasteiger partial charge in [-0.1, -0.05) is 6.07 Å². The van der Waals surface area contributed by atoms with E-state index in [0.717, 1.165) is 0 Å². The van der Waals surface area contributed by atoms with E-state index in [1.807, 2.05) is 0 Å². The number of aliphatic hydroxyl groups is 6. The van der Waals surface area contributed by atoms with Crippen LogP contribution in [0.3, 0.4) is 0 Å². The van der Waals surface area contributed by atoms with Crippen LogP contribution in [0.1, 0.15) is 15.9 Å². The van der Waals surface area contributed by atoms with Crippen LogP contribution in [-0.4, -0.2) is 126 Å². The monoisotopic (exact) mass is 674 g/mol. The van der Waals surface area contributed by atoms with Gasteiger partial charge in [-0.25, -0.2) is 4.79 Å². The number of methoxy groups -OCH3 is 2. The first-order valence-corrected chi connectivity index (χ1v) is 15.1. The van der Waals surface area contributed by atoms with Crippen LogP contribution in [0.15, 0.2) is 30.3 Å². The van der Waals surface area contributed by atoms with Crippen molar-refractivity contribution in [2.75, 3.05) is 34.2 Å². The highest BCUT2D eigenvalue weighted by Crippen LogP contribution is 2.50. The van der Waals surface area contributed by atoms with E-state index in [1.54, 1.807) is 30.3 Å². The lowest BCUT2D eigenvalue weighted by Crippen LogP contribution is -2.63. The summed E-state index contributed by atoms with van der Waals surface area (Å²) >= 11 is 0. The molecule has 48 heavy (non-hydrogen) atoms. The summed E-state index contributed by atoms with van der Waals surface area (Å²) in [4.78, 5) is 13.4. The van der Waals surface area contributed by atoms with Gasteiger partial charge in [-0.2, -0.15) is 0 Å². The highest BCUT2D eigenvalue weighted by Gasteiger charge is 2.49. The molecule has 4 heterocycles. The van der Waals surface area contributed by atoms with Crippen molar-refractivity contribution in [3.63, 3.8) is 0 Å². The van der Waals surface area contributed by atoms with Crippen molar-refractivity contribution in [1.82, 2.24) is 0 Å². The molecule has 4 aliphatic rings. The van der Waals surface area contributed by atoms with Crippen molar-refractivity contribution < 1.29 is 78.1 Å². The molecule has 0 amide bonds. The summed E-state index contributed by atoms with van der Waals surface area (Å²) in [5.41, 5.74) is 1.62. The van der Waals surface area contributed by atoms with Crippen molar-refractivity contribution in [3.05, 3.63) is 41.5 Å². The van der Waals surface area contributed by atoms with E-state index < -0.39 is 67.9 Å². The molecule has 0 saturated carbocycles. The molecule has 0 aliphatic carbocycles. The number of ether oxygens (including phenoxy) is 9. The third kappa shape index (κ3) is 5.35. The van der Waals surface area contributed by atoms with E-state index in [0.29, 0.717) is 50.5 Å². The normalized spacial score (nSPS) is 31.0. The Morgan fingerprint density at radius 2 is 1.54 bits per heavy atom. The van der Waals surface area contributed by atoms with E-state index in [1.165, 1.54) is 14.2 Å². The zero-order valence-corrected chi connectivity index (χ0v) is 25.7. The second-order valence-corrected chi connectivity index (χ2v) is 11.6. The number of benzene rings is 3. The minimum Gasteiger partial charge on any atom is -0.493 e. The molecule has 3 aromatic carbocycles. The van der Waals surface area contributed by atoms with Gasteiger partial charge in [0, 0.05) is 16.5 Å². The third-order valence-corrected chi connectivity index (χ3v) is 8.88. The van der Waals surface area contributed by atoms with E-state index >= 15 is 0 Å². The van der Waals surface area contributed by atoms with Crippen LogP contribution in [0.4, 0.5) is 0 Å². The van der Waals surface area contributed by atoms with E-state index in [9.17, 15) is 35.4 Å². The summed E-state index contributed by atoms with van der Waals surface area (Å²) in [5, 5.41) is 63.2. The quantitative estimate of drug-likeness (QED) is 0.167. The Labute approximate surface area is 272 Å². The van der Waals surface area contributed by atoms with Crippen molar-refractivity contribution in [2.24, 2.45) is 0 Å². The lowest BCUT2D eigenvalue weighted by molar-refractivity contribution is -0.348. The van der Waals surface area contributed by atoms with Gasteiger partial charge < -0.3 is 73.3 Å². The molecule has 0 bridgehead atoms. The number of carbonyl (C=O) groups excluding carboxylic acids is 1. The van der Waals surface area contributed by atoms with Gasteiger partial charge in [0.1, 0.15) is 49.0 Å². The number of hydrogen-bond acceptors (Lipinski definition) is 16. The molecule has 9 atom stereocenters. The standard InChI is InChI=1S/C32H34O16/c1-40-18-6-13-14(7-19(18)41-2)28(15-9-42-30(39)23(15)22(13)12-3-4-17-20(5-12)45-11-44-17)47-32-29(24(35)16(34)10-43-32)48-31-27(38)26(37)25(36)21(8-33)46-31/h3-7,16,21,24-27,29,31-38H,8-11H2,1-2H3/t16-,21-,24+,25+,26-,27-,29-,31-,32+/m1/s1. The fraction of sp³-hybridized carbons (Fsp3) is 0.469. The predicted octanol–water partition coefficient (Wildman–Crippen LogP) is -0.435. The van der Waals surface area contributed by atoms with Crippen LogP contribution in [0, 0.1) is 0 Å². The van der Waals surface area contributed by atoms with Crippen LogP contribution in [0.25, 0.3) is 21.9 Å². The number of esters is 1. The molecule has 0 radical (unpaired) electrons. The molecule has 16 nitrogen and oxygen atoms in total. The first-order valence-electron chi connectivity index (χ1n) is 15.1. The van der Waals surface area contributed by atoms with Gasteiger partial charge in [0.15, 0.2) is 35.4 Å². The highest BCUT2D eigenvalue weighted by atomic mass is 16.8. The zero-order valence-electron chi connectivity index (χ0n) is 25.7. The second kappa shape index (κ2) is 12.8. The van der Waals surface area contributed by atoms with E-state index in [-0.39, 0.29) is 31.3 Å². The Hall–Kier alpha value is -3.97. The van der Waals surface area contributed by atoms with Gasteiger partial charge >= 0.3 is 5.97 Å². The van der Waals surface area contributed by atoms with Crippen LogP contribution in [-0.2, 0) is 25.6 Å². The van der Waals surface area contributed by atoms with Crippen molar-refractivity contribution in [2.45, 2.75) is 61.9 Å². The van der Waals surface area contributed by atoms with Crippen LogP contribution < -0.4 is 23.7 Å². The van der Waals surface area contributed by atoms with E-state index in [2.05, 4.69) is 0 Å². The van der Waals surface area contributed by atoms with Gasteiger partial charge in [0.05, 0.1) is 33.0 Å². The Balaban J connectivity index is 1.35. The maximum Gasteiger partial charge on any atom is 0.339 e. The molecule has 0 aromatic heterocycles. The zero-order chi connectivity index (χ0) is 33.9. The summed E-state index contributed by atoms with van der Waals surface area (Å²) in [6.07, 6.45) is -14.4. The highest BCUT2D eigenvalue weighted by molar-refractivity contribution is 6.14. The summed E-state index contributed by atoms with van der Waals surface area (Å²) in [6, 6.07) is 8.56. The topological polar surface area (TPSA) is 222 Å². The Morgan fingerprint density at radius 3 is 2.27 bits per heavy atom. The van der Waals surface area contributed by atoms with Gasteiger partial charge in [-0.3, -0.25) is 0 Å². The number of carbonyl (C=O) groups is 1. The lowest BCUT2D eigenvalue weighted by atomic mass is 9.89. The summed E-state index contributed by atoms with van der Waals surface area (Å²) < 4.78 is 51.3.